The first kappa shape index (κ1) is 37.6. The van der Waals surface area contributed by atoms with Crippen molar-refractivity contribution in [2.75, 3.05) is 19.8 Å². The van der Waals surface area contributed by atoms with Gasteiger partial charge in [0.05, 0.1) is 31.3 Å². The number of hydrogen-bond acceptors (Lipinski definition) is 11. The quantitative estimate of drug-likeness (QED) is 0.198. The highest BCUT2D eigenvalue weighted by atomic mass is 32.2. The molecule has 3 saturated heterocycles. The lowest BCUT2D eigenvalue weighted by Gasteiger charge is -2.35. The molecule has 3 fully saturated rings. The normalized spacial score (nSPS) is 25.0. The van der Waals surface area contributed by atoms with E-state index in [1.807, 2.05) is 30.3 Å². The van der Waals surface area contributed by atoms with Crippen LogP contribution in [0.15, 0.2) is 54.6 Å². The molecule has 50 heavy (non-hydrogen) atoms. The molecule has 2 aromatic rings. The number of halogens is 3. The molecule has 3 heterocycles. The van der Waals surface area contributed by atoms with E-state index in [0.29, 0.717) is 18.6 Å². The molecule has 0 aliphatic carbocycles. The lowest BCUT2D eigenvalue weighted by molar-refractivity contribution is -0.0909. The van der Waals surface area contributed by atoms with E-state index in [2.05, 4.69) is 9.61 Å². The average Bonchev–Trinajstić information content (AvgIpc) is 3.67. The Hall–Kier alpha value is -3.64. The van der Waals surface area contributed by atoms with Crippen LogP contribution in [0.3, 0.4) is 0 Å². The van der Waals surface area contributed by atoms with Crippen molar-refractivity contribution < 1.29 is 59.0 Å². The summed E-state index contributed by atoms with van der Waals surface area (Å²) < 4.78 is 95.0. The van der Waals surface area contributed by atoms with Gasteiger partial charge in [-0.2, -0.15) is 21.6 Å². The summed E-state index contributed by atoms with van der Waals surface area (Å²) in [4.78, 5) is 28.4. The molecule has 2 amide bonds. The molecule has 0 aromatic heterocycles. The summed E-state index contributed by atoms with van der Waals surface area (Å²) in [5.41, 5.74) is -3.41. The highest BCUT2D eigenvalue weighted by Gasteiger charge is 2.52. The van der Waals surface area contributed by atoms with Crippen LogP contribution in [0.1, 0.15) is 52.2 Å². The topological polar surface area (TPSA) is 142 Å². The summed E-state index contributed by atoms with van der Waals surface area (Å²) in [6, 6.07) is 13.6. The van der Waals surface area contributed by atoms with Crippen LogP contribution in [-0.2, 0) is 46.8 Å². The Bertz CT molecular complexity index is 1600. The number of nitrogens with zero attached hydrogens (tertiary/aromatic N) is 2. The molecule has 0 saturated carbocycles. The monoisotopic (exact) mass is 729 g/mol. The van der Waals surface area contributed by atoms with Crippen molar-refractivity contribution in [3.05, 3.63) is 65.7 Å². The van der Waals surface area contributed by atoms with Gasteiger partial charge in [0.1, 0.15) is 23.2 Å². The maximum atomic E-state index is 13.7. The molecule has 5 rings (SSSR count). The highest BCUT2D eigenvalue weighted by molar-refractivity contribution is 7.88. The molecule has 1 N–H and O–H groups in total. The van der Waals surface area contributed by atoms with Crippen molar-refractivity contribution in [2.45, 2.75) is 95.4 Å². The fourth-order valence-electron chi connectivity index (χ4n) is 6.23. The molecule has 0 unspecified atom stereocenters. The summed E-state index contributed by atoms with van der Waals surface area (Å²) in [5, 5.41) is 1.63. The van der Waals surface area contributed by atoms with Gasteiger partial charge in [0.2, 0.25) is 0 Å². The maximum Gasteiger partial charge on any atom is 0.534 e. The number of benzene rings is 2. The van der Waals surface area contributed by atoms with E-state index in [1.165, 1.54) is 17.0 Å². The Kier molecular flexibility index (Phi) is 10.9. The van der Waals surface area contributed by atoms with Gasteiger partial charge in [-0.05, 0) is 70.7 Å². The third-order valence-corrected chi connectivity index (χ3v) is 9.32. The largest absolute Gasteiger partial charge is 0.534 e. The van der Waals surface area contributed by atoms with E-state index >= 15 is 0 Å². The first-order valence-electron chi connectivity index (χ1n) is 16.1. The van der Waals surface area contributed by atoms with Gasteiger partial charge in [0.15, 0.2) is 6.29 Å². The Labute approximate surface area is 289 Å². The van der Waals surface area contributed by atoms with Gasteiger partial charge in [-0.3, -0.25) is 10.3 Å². The van der Waals surface area contributed by atoms with E-state index in [4.69, 9.17) is 23.7 Å². The predicted octanol–water partition coefficient (Wildman–Crippen LogP) is 5.10. The van der Waals surface area contributed by atoms with Crippen LogP contribution in [-0.4, -0.2) is 91.6 Å². The van der Waals surface area contributed by atoms with E-state index in [-0.39, 0.29) is 32.0 Å². The number of fused-ring (bicyclic) bond motifs is 1. The van der Waals surface area contributed by atoms with Gasteiger partial charge in [-0.25, -0.2) is 14.6 Å². The number of carbonyl (C=O) groups is 2. The van der Waals surface area contributed by atoms with Gasteiger partial charge >= 0.3 is 27.8 Å². The smallest absolute Gasteiger partial charge is 0.444 e. The summed E-state index contributed by atoms with van der Waals surface area (Å²) in [6.45, 7) is 9.61. The summed E-state index contributed by atoms with van der Waals surface area (Å²) in [6.07, 6.45) is -2.19. The van der Waals surface area contributed by atoms with Crippen LogP contribution in [0.4, 0.5) is 22.8 Å². The van der Waals surface area contributed by atoms with Crippen LogP contribution in [0.2, 0.25) is 0 Å². The predicted molar refractivity (Wildman–Crippen MR) is 171 cm³/mol. The number of hydrazine groups is 1. The number of amides is 2. The molecular formula is C33H42F3N3O10S. The van der Waals surface area contributed by atoms with Crippen LogP contribution < -0.4 is 9.61 Å². The number of rotatable bonds is 10. The lowest BCUT2D eigenvalue weighted by atomic mass is 9.99. The standard InChI is InChI=1S/C33H42F3N3O10S/c1-31(2,3)48-30(41)39-25(17-21-11-13-23(14-12-21)49-50(42,43)33(34,35)36)26(47-32(39,4)5)19-38(18-22-9-7-6-8-10-22)37-29(40)46-27-20-45-28-24(27)15-16-44-28/h6-14,24-28H,15-20H2,1-5H3,(H,37,40)/t24-,25+,26-,27-,28+/m0/s1. The van der Waals surface area contributed by atoms with Crippen LogP contribution in [0, 0.1) is 5.92 Å². The Balaban J connectivity index is 1.39. The second-order valence-electron chi connectivity index (χ2n) is 13.8. The molecule has 17 heteroatoms. The van der Waals surface area contributed by atoms with Crippen molar-refractivity contribution in [3.8, 4) is 5.75 Å². The minimum atomic E-state index is -5.86. The second-order valence-corrected chi connectivity index (χ2v) is 15.3. The molecule has 3 aliphatic heterocycles. The third-order valence-electron chi connectivity index (χ3n) is 8.34. The van der Waals surface area contributed by atoms with E-state index in [9.17, 15) is 31.2 Å². The molecule has 0 bridgehead atoms. The third kappa shape index (κ3) is 9.17. The second kappa shape index (κ2) is 14.5. The molecular weight excluding hydrogens is 687 g/mol. The first-order valence-corrected chi connectivity index (χ1v) is 17.5. The lowest BCUT2D eigenvalue weighted by Crippen LogP contribution is -2.53. The van der Waals surface area contributed by atoms with Gasteiger partial charge in [-0.1, -0.05) is 42.5 Å². The number of nitrogens with one attached hydrogen (secondary N) is 1. The van der Waals surface area contributed by atoms with E-state index in [1.54, 1.807) is 39.6 Å². The van der Waals surface area contributed by atoms with Crippen molar-refractivity contribution in [1.29, 1.82) is 0 Å². The SMILES string of the molecule is CC(C)(C)OC(=O)N1[C@H](Cc2ccc(OS(=O)(=O)C(F)(F)F)cc2)[C@H](CN(Cc2ccccc2)NC(=O)O[C@H]2CO[C@H]3OCC[C@H]32)OC1(C)C. The zero-order valence-electron chi connectivity index (χ0n) is 28.3. The number of hydrogen-bond donors (Lipinski definition) is 1. The van der Waals surface area contributed by atoms with Crippen LogP contribution >= 0.6 is 0 Å². The van der Waals surface area contributed by atoms with Crippen molar-refractivity contribution in [1.82, 2.24) is 15.3 Å². The van der Waals surface area contributed by atoms with Gasteiger partial charge in [-0.15, -0.1) is 0 Å². The van der Waals surface area contributed by atoms with E-state index in [0.717, 1.165) is 17.7 Å². The summed E-state index contributed by atoms with van der Waals surface area (Å²) in [5.74, 6) is -0.603. The molecule has 2 aromatic carbocycles. The Morgan fingerprint density at radius 2 is 1.70 bits per heavy atom. The molecule has 5 atom stereocenters. The molecule has 3 aliphatic rings. The van der Waals surface area contributed by atoms with Crippen LogP contribution in [0.25, 0.3) is 0 Å². The highest BCUT2D eigenvalue weighted by Crippen LogP contribution is 2.37. The van der Waals surface area contributed by atoms with Crippen molar-refractivity contribution in [3.63, 3.8) is 0 Å². The van der Waals surface area contributed by atoms with Crippen LogP contribution in [0.5, 0.6) is 5.75 Å². The minimum absolute atomic E-state index is 0.0682. The molecule has 276 valence electrons. The molecule has 0 spiro atoms. The number of ether oxygens (including phenoxy) is 5. The van der Waals surface area contributed by atoms with Gasteiger partial charge < -0.3 is 27.9 Å². The summed E-state index contributed by atoms with van der Waals surface area (Å²) >= 11 is 0. The fourth-order valence-corrected chi connectivity index (χ4v) is 6.69. The summed E-state index contributed by atoms with van der Waals surface area (Å²) in [7, 11) is -5.86. The first-order chi connectivity index (χ1) is 23.3. The van der Waals surface area contributed by atoms with Crippen molar-refractivity contribution >= 4 is 22.3 Å². The molecule has 13 nitrogen and oxygen atoms in total. The van der Waals surface area contributed by atoms with E-state index < -0.39 is 69.4 Å². The number of carbonyl (C=O) groups excluding carboxylic acids is 2. The minimum Gasteiger partial charge on any atom is -0.444 e. The average molecular weight is 730 g/mol. The zero-order chi connectivity index (χ0) is 36.5. The Morgan fingerprint density at radius 3 is 2.34 bits per heavy atom. The number of alkyl halides is 3. The maximum absolute atomic E-state index is 13.7. The van der Waals surface area contributed by atoms with Gasteiger partial charge in [0.25, 0.3) is 0 Å². The van der Waals surface area contributed by atoms with Crippen molar-refractivity contribution in [2.24, 2.45) is 5.92 Å². The molecule has 0 radical (unpaired) electrons. The van der Waals surface area contributed by atoms with Gasteiger partial charge in [0, 0.05) is 13.1 Å². The Morgan fingerprint density at radius 1 is 1.02 bits per heavy atom. The fraction of sp³-hybridized carbons (Fsp3) is 0.576. The zero-order valence-corrected chi connectivity index (χ0v) is 29.2.